The molecule has 152 valence electrons. The molecule has 1 fully saturated rings. The Morgan fingerprint density at radius 3 is 2.41 bits per heavy atom. The van der Waals surface area contributed by atoms with Crippen LogP contribution in [0, 0.1) is 5.92 Å². The number of ether oxygens (including phenoxy) is 2. The molecule has 0 saturated heterocycles. The van der Waals surface area contributed by atoms with Crippen LogP contribution in [0.1, 0.15) is 30.9 Å². The first-order chi connectivity index (χ1) is 14.0. The van der Waals surface area contributed by atoms with Gasteiger partial charge >= 0.3 is 5.97 Å². The Hall–Kier alpha value is -2.73. The minimum absolute atomic E-state index is 0.194. The summed E-state index contributed by atoms with van der Waals surface area (Å²) in [5.41, 5.74) is 2.94. The van der Waals surface area contributed by atoms with Gasteiger partial charge in [-0.2, -0.15) is 0 Å². The lowest BCUT2D eigenvalue weighted by atomic mass is 10.0. The van der Waals surface area contributed by atoms with Gasteiger partial charge in [-0.15, -0.1) is 11.8 Å². The Morgan fingerprint density at radius 1 is 1.14 bits per heavy atom. The van der Waals surface area contributed by atoms with Crippen molar-refractivity contribution in [2.45, 2.75) is 25.5 Å². The monoisotopic (exact) mass is 411 g/mol. The normalized spacial score (nSPS) is 14.9. The number of hydrogen-bond donors (Lipinski definition) is 1. The first kappa shape index (κ1) is 21.0. The molecule has 1 N–H and O–H groups in total. The average molecular weight is 412 g/mol. The molecule has 3 rings (SSSR count). The average Bonchev–Trinajstić information content (AvgIpc) is 3.58. The molecule has 0 aromatic heterocycles. The maximum absolute atomic E-state index is 11.4. The molecule has 2 aromatic rings. The Morgan fingerprint density at radius 2 is 1.83 bits per heavy atom. The molecule has 0 bridgehead atoms. The van der Waals surface area contributed by atoms with Crippen molar-refractivity contribution in [2.24, 2.45) is 10.9 Å². The SMILES string of the molecule is COC(=C(C)C(=O)O)c1ccccc1CSC(=Nc1ccc(OC)cc1)C1CC1. The maximum Gasteiger partial charge on any atom is 0.335 e. The fraction of sp³-hybridized carbons (Fsp3) is 0.304. The number of nitrogens with zero attached hydrogens (tertiary/aromatic N) is 1. The Labute approximate surface area is 175 Å². The van der Waals surface area contributed by atoms with Crippen LogP contribution < -0.4 is 4.74 Å². The van der Waals surface area contributed by atoms with Gasteiger partial charge in [0, 0.05) is 17.2 Å². The maximum atomic E-state index is 11.4. The number of aliphatic carboxylic acids is 1. The number of rotatable bonds is 8. The molecule has 6 heteroatoms. The quantitative estimate of drug-likeness (QED) is 0.268. The molecule has 0 heterocycles. The molecular weight excluding hydrogens is 386 g/mol. The first-order valence-electron chi connectivity index (χ1n) is 9.45. The predicted octanol–water partition coefficient (Wildman–Crippen LogP) is 5.53. The van der Waals surface area contributed by atoms with E-state index in [0.717, 1.165) is 40.4 Å². The van der Waals surface area contributed by atoms with E-state index in [2.05, 4.69) is 0 Å². The Bertz CT molecular complexity index is 930. The van der Waals surface area contributed by atoms with Crippen molar-refractivity contribution in [1.29, 1.82) is 0 Å². The molecule has 29 heavy (non-hydrogen) atoms. The molecule has 1 aliphatic carbocycles. The third-order valence-corrected chi connectivity index (χ3v) is 5.92. The summed E-state index contributed by atoms with van der Waals surface area (Å²) in [5, 5.41) is 10.5. The minimum Gasteiger partial charge on any atom is -0.497 e. The molecular formula is C23H25NO4S. The van der Waals surface area contributed by atoms with Crippen molar-refractivity contribution in [3.8, 4) is 5.75 Å². The highest BCUT2D eigenvalue weighted by atomic mass is 32.2. The van der Waals surface area contributed by atoms with Gasteiger partial charge in [-0.25, -0.2) is 9.79 Å². The highest BCUT2D eigenvalue weighted by Gasteiger charge is 2.28. The zero-order valence-electron chi connectivity index (χ0n) is 16.8. The van der Waals surface area contributed by atoms with Gasteiger partial charge in [0.05, 0.1) is 30.5 Å². The lowest BCUT2D eigenvalue weighted by Gasteiger charge is -2.14. The topological polar surface area (TPSA) is 68.1 Å². The molecule has 0 unspecified atom stereocenters. The van der Waals surface area contributed by atoms with Gasteiger partial charge in [-0.3, -0.25) is 0 Å². The number of carboxylic acid groups (broad SMARTS) is 1. The Balaban J connectivity index is 1.83. The van der Waals surface area contributed by atoms with Crippen molar-refractivity contribution >= 4 is 34.2 Å². The van der Waals surface area contributed by atoms with E-state index in [-0.39, 0.29) is 5.57 Å². The number of thioether (sulfide) groups is 1. The van der Waals surface area contributed by atoms with Crippen LogP contribution in [0.25, 0.3) is 5.76 Å². The highest BCUT2D eigenvalue weighted by molar-refractivity contribution is 8.13. The number of aliphatic imine (C=N–C) groups is 1. The number of carbonyl (C=O) groups is 1. The van der Waals surface area contributed by atoms with Crippen LogP contribution in [0.2, 0.25) is 0 Å². The summed E-state index contributed by atoms with van der Waals surface area (Å²) >= 11 is 1.71. The van der Waals surface area contributed by atoms with Gasteiger partial charge in [0.2, 0.25) is 0 Å². The van der Waals surface area contributed by atoms with Gasteiger partial charge in [-0.05, 0) is 49.6 Å². The van der Waals surface area contributed by atoms with Crippen molar-refractivity contribution in [2.75, 3.05) is 14.2 Å². The molecule has 0 radical (unpaired) electrons. The van der Waals surface area contributed by atoms with Crippen molar-refractivity contribution < 1.29 is 19.4 Å². The summed E-state index contributed by atoms with van der Waals surface area (Å²) in [6.07, 6.45) is 2.32. The van der Waals surface area contributed by atoms with Crippen LogP contribution >= 0.6 is 11.8 Å². The summed E-state index contributed by atoms with van der Waals surface area (Å²) in [7, 11) is 3.16. The van der Waals surface area contributed by atoms with Crippen LogP contribution in [0.5, 0.6) is 5.75 Å². The third kappa shape index (κ3) is 5.41. The fourth-order valence-electron chi connectivity index (χ4n) is 2.94. The molecule has 1 saturated carbocycles. The molecule has 0 amide bonds. The van der Waals surface area contributed by atoms with Gasteiger partial charge < -0.3 is 14.6 Å². The van der Waals surface area contributed by atoms with Gasteiger partial charge in [0.25, 0.3) is 0 Å². The predicted molar refractivity (Wildman–Crippen MR) is 118 cm³/mol. The van der Waals surface area contributed by atoms with Crippen LogP contribution in [-0.4, -0.2) is 30.3 Å². The van der Waals surface area contributed by atoms with E-state index < -0.39 is 5.97 Å². The highest BCUT2D eigenvalue weighted by Crippen LogP contribution is 2.38. The molecule has 0 spiro atoms. The largest absolute Gasteiger partial charge is 0.497 e. The zero-order chi connectivity index (χ0) is 20.8. The Kier molecular flexibility index (Phi) is 6.99. The lowest BCUT2D eigenvalue weighted by molar-refractivity contribution is -0.132. The second kappa shape index (κ2) is 9.65. The zero-order valence-corrected chi connectivity index (χ0v) is 17.7. The summed E-state index contributed by atoms with van der Waals surface area (Å²) in [6.45, 7) is 1.56. The number of methoxy groups -OCH3 is 2. The second-order valence-corrected chi connectivity index (χ2v) is 7.83. The number of hydrogen-bond acceptors (Lipinski definition) is 5. The van der Waals surface area contributed by atoms with Gasteiger partial charge in [-0.1, -0.05) is 24.3 Å². The van der Waals surface area contributed by atoms with E-state index in [1.165, 1.54) is 7.11 Å². The smallest absolute Gasteiger partial charge is 0.335 e. The summed E-state index contributed by atoms with van der Waals surface area (Å²) < 4.78 is 10.6. The van der Waals surface area contributed by atoms with Gasteiger partial charge in [0.1, 0.15) is 11.5 Å². The third-order valence-electron chi connectivity index (χ3n) is 4.74. The molecule has 5 nitrogen and oxygen atoms in total. The van der Waals surface area contributed by atoms with Crippen LogP contribution in [0.4, 0.5) is 5.69 Å². The molecule has 0 atom stereocenters. The minimum atomic E-state index is -0.982. The van der Waals surface area contributed by atoms with E-state index in [0.29, 0.717) is 17.4 Å². The standard InChI is InChI=1S/C23H25NO4S/c1-15(23(25)26)21(28-3)20-7-5-4-6-17(20)14-29-22(16-8-9-16)24-18-10-12-19(27-2)13-11-18/h4-7,10-13,16H,8-9,14H2,1-3H3,(H,25,26). The summed E-state index contributed by atoms with van der Waals surface area (Å²) in [4.78, 5) is 16.3. The van der Waals surface area contributed by atoms with Crippen molar-refractivity contribution in [1.82, 2.24) is 0 Å². The van der Waals surface area contributed by atoms with E-state index in [1.54, 1.807) is 25.8 Å². The molecule has 0 aliphatic heterocycles. The fourth-order valence-corrected chi connectivity index (χ4v) is 4.13. The number of carboxylic acids is 1. The second-order valence-electron chi connectivity index (χ2n) is 6.83. The van der Waals surface area contributed by atoms with E-state index in [1.807, 2.05) is 48.5 Å². The van der Waals surface area contributed by atoms with Crippen LogP contribution in [-0.2, 0) is 15.3 Å². The van der Waals surface area contributed by atoms with Gasteiger partial charge in [0.15, 0.2) is 0 Å². The first-order valence-corrected chi connectivity index (χ1v) is 10.4. The van der Waals surface area contributed by atoms with Crippen molar-refractivity contribution in [3.63, 3.8) is 0 Å². The molecule has 1 aliphatic rings. The number of benzene rings is 2. The van der Waals surface area contributed by atoms with Crippen LogP contribution in [0.15, 0.2) is 59.1 Å². The van der Waals surface area contributed by atoms with E-state index in [4.69, 9.17) is 14.5 Å². The lowest BCUT2D eigenvalue weighted by Crippen LogP contribution is -2.05. The molecule has 2 aromatic carbocycles. The van der Waals surface area contributed by atoms with Crippen LogP contribution in [0.3, 0.4) is 0 Å². The van der Waals surface area contributed by atoms with E-state index >= 15 is 0 Å². The van der Waals surface area contributed by atoms with Crippen molar-refractivity contribution in [3.05, 3.63) is 65.2 Å². The summed E-state index contributed by atoms with van der Waals surface area (Å²) in [5.74, 6) is 1.43. The summed E-state index contributed by atoms with van der Waals surface area (Å²) in [6, 6.07) is 15.5. The van der Waals surface area contributed by atoms with E-state index in [9.17, 15) is 9.90 Å².